The van der Waals surface area contributed by atoms with Crippen LogP contribution in [-0.2, 0) is 4.74 Å². The predicted octanol–water partition coefficient (Wildman–Crippen LogP) is 2.14. The highest BCUT2D eigenvalue weighted by atomic mass is 35.5. The van der Waals surface area contributed by atoms with Crippen molar-refractivity contribution in [2.24, 2.45) is 5.73 Å². The maximum Gasteiger partial charge on any atom is 0.0480 e. The molecular formula is C10H16ClNO. The van der Waals surface area contributed by atoms with Crippen LogP contribution in [0.5, 0.6) is 0 Å². The lowest BCUT2D eigenvalue weighted by molar-refractivity contribution is 0.188. The molecule has 2 nitrogen and oxygen atoms in total. The van der Waals surface area contributed by atoms with E-state index in [9.17, 15) is 0 Å². The summed E-state index contributed by atoms with van der Waals surface area (Å²) in [7, 11) is 1.69. The average molecular weight is 202 g/mol. The molecule has 0 spiro atoms. The monoisotopic (exact) mass is 201 g/mol. The highest BCUT2D eigenvalue weighted by Crippen LogP contribution is 2.12. The van der Waals surface area contributed by atoms with Gasteiger partial charge in [0.1, 0.15) is 0 Å². The van der Waals surface area contributed by atoms with Gasteiger partial charge in [-0.1, -0.05) is 30.3 Å². The Labute approximate surface area is 85.5 Å². The van der Waals surface area contributed by atoms with Crippen molar-refractivity contribution in [3.05, 3.63) is 35.9 Å². The molecule has 0 aromatic heterocycles. The predicted molar refractivity (Wildman–Crippen MR) is 57.1 cm³/mol. The van der Waals surface area contributed by atoms with E-state index in [2.05, 4.69) is 0 Å². The number of nitrogens with two attached hydrogens (primary N) is 1. The highest BCUT2D eigenvalue weighted by molar-refractivity contribution is 5.85. The number of rotatable bonds is 4. The fourth-order valence-electron chi connectivity index (χ4n) is 1.11. The molecule has 0 radical (unpaired) electrons. The van der Waals surface area contributed by atoms with Crippen LogP contribution in [-0.4, -0.2) is 13.7 Å². The average Bonchev–Trinajstić information content (AvgIpc) is 2.15. The lowest BCUT2D eigenvalue weighted by Gasteiger charge is -2.10. The number of hydrogen-bond acceptors (Lipinski definition) is 2. The van der Waals surface area contributed by atoms with E-state index in [0.717, 1.165) is 13.0 Å². The zero-order valence-corrected chi connectivity index (χ0v) is 8.59. The van der Waals surface area contributed by atoms with Crippen molar-refractivity contribution in [3.8, 4) is 0 Å². The molecule has 0 aliphatic heterocycles. The van der Waals surface area contributed by atoms with E-state index in [-0.39, 0.29) is 18.4 Å². The van der Waals surface area contributed by atoms with Gasteiger partial charge in [0.05, 0.1) is 0 Å². The second-order valence-electron chi connectivity index (χ2n) is 2.80. The third-order valence-electron chi connectivity index (χ3n) is 1.86. The fraction of sp³-hybridized carbons (Fsp3) is 0.400. The Balaban J connectivity index is 0.00000144. The molecule has 0 saturated heterocycles. The maximum atomic E-state index is 5.90. The van der Waals surface area contributed by atoms with Crippen LogP contribution in [0.25, 0.3) is 0 Å². The molecule has 0 unspecified atom stereocenters. The molecule has 74 valence electrons. The molecule has 2 N–H and O–H groups in total. The summed E-state index contributed by atoms with van der Waals surface area (Å²) in [5.41, 5.74) is 7.08. The van der Waals surface area contributed by atoms with E-state index in [1.165, 1.54) is 5.56 Å². The summed E-state index contributed by atoms with van der Waals surface area (Å²) in [5, 5.41) is 0. The molecule has 0 aliphatic carbocycles. The number of ether oxygens (including phenoxy) is 1. The maximum absolute atomic E-state index is 5.90. The zero-order valence-electron chi connectivity index (χ0n) is 7.77. The molecular weight excluding hydrogens is 186 g/mol. The first-order chi connectivity index (χ1) is 5.84. The third kappa shape index (κ3) is 4.27. The molecule has 0 aliphatic rings. The molecule has 1 aromatic rings. The van der Waals surface area contributed by atoms with Crippen LogP contribution in [0.2, 0.25) is 0 Å². The van der Waals surface area contributed by atoms with Crippen LogP contribution in [0, 0.1) is 0 Å². The van der Waals surface area contributed by atoms with Crippen molar-refractivity contribution in [2.45, 2.75) is 12.5 Å². The summed E-state index contributed by atoms with van der Waals surface area (Å²) in [4.78, 5) is 0. The SMILES string of the molecule is COCC[C@@H](N)c1ccccc1.Cl. The molecule has 1 rings (SSSR count). The van der Waals surface area contributed by atoms with Gasteiger partial charge in [0, 0.05) is 19.8 Å². The van der Waals surface area contributed by atoms with E-state index in [4.69, 9.17) is 10.5 Å². The smallest absolute Gasteiger partial charge is 0.0480 e. The van der Waals surface area contributed by atoms with Crippen molar-refractivity contribution >= 4 is 12.4 Å². The Morgan fingerprint density at radius 3 is 2.46 bits per heavy atom. The van der Waals surface area contributed by atoms with Crippen molar-refractivity contribution in [2.75, 3.05) is 13.7 Å². The van der Waals surface area contributed by atoms with Crippen LogP contribution in [0.15, 0.2) is 30.3 Å². The van der Waals surface area contributed by atoms with Crippen LogP contribution in [0.1, 0.15) is 18.0 Å². The van der Waals surface area contributed by atoms with Gasteiger partial charge in [-0.15, -0.1) is 12.4 Å². The fourth-order valence-corrected chi connectivity index (χ4v) is 1.11. The Kier molecular flexibility index (Phi) is 6.59. The summed E-state index contributed by atoms with van der Waals surface area (Å²) in [6.07, 6.45) is 0.876. The van der Waals surface area contributed by atoms with Gasteiger partial charge in [0.2, 0.25) is 0 Å². The standard InChI is InChI=1S/C10H15NO.ClH/c1-12-8-7-10(11)9-5-3-2-4-6-9;/h2-6,10H,7-8,11H2,1H3;1H/t10-;/m1./s1. The van der Waals surface area contributed by atoms with E-state index in [0.29, 0.717) is 0 Å². The van der Waals surface area contributed by atoms with Gasteiger partial charge in [-0.3, -0.25) is 0 Å². The molecule has 1 atom stereocenters. The highest BCUT2D eigenvalue weighted by Gasteiger charge is 2.03. The van der Waals surface area contributed by atoms with Gasteiger partial charge in [-0.25, -0.2) is 0 Å². The first-order valence-corrected chi connectivity index (χ1v) is 4.14. The van der Waals surface area contributed by atoms with Gasteiger partial charge in [0.25, 0.3) is 0 Å². The minimum atomic E-state index is 0. The quantitative estimate of drug-likeness (QED) is 0.810. The molecule has 0 saturated carbocycles. The van der Waals surface area contributed by atoms with Crippen LogP contribution < -0.4 is 5.73 Å². The first-order valence-electron chi connectivity index (χ1n) is 4.14. The largest absolute Gasteiger partial charge is 0.385 e. The van der Waals surface area contributed by atoms with Gasteiger partial charge in [-0.05, 0) is 12.0 Å². The number of halogens is 1. The summed E-state index contributed by atoms with van der Waals surface area (Å²) in [5.74, 6) is 0. The summed E-state index contributed by atoms with van der Waals surface area (Å²) in [6.45, 7) is 0.718. The second kappa shape index (κ2) is 6.89. The number of hydrogen-bond donors (Lipinski definition) is 1. The molecule has 0 bridgehead atoms. The zero-order chi connectivity index (χ0) is 8.81. The molecule has 1 aromatic carbocycles. The van der Waals surface area contributed by atoms with E-state index in [1.807, 2.05) is 30.3 Å². The molecule has 0 heterocycles. The Morgan fingerprint density at radius 1 is 1.31 bits per heavy atom. The van der Waals surface area contributed by atoms with Crippen molar-refractivity contribution < 1.29 is 4.74 Å². The Hall–Kier alpha value is -0.570. The number of benzene rings is 1. The van der Waals surface area contributed by atoms with Gasteiger partial charge in [0.15, 0.2) is 0 Å². The minimum Gasteiger partial charge on any atom is -0.385 e. The second-order valence-corrected chi connectivity index (χ2v) is 2.80. The van der Waals surface area contributed by atoms with E-state index >= 15 is 0 Å². The first kappa shape index (κ1) is 12.4. The van der Waals surface area contributed by atoms with Crippen LogP contribution in [0.4, 0.5) is 0 Å². The Morgan fingerprint density at radius 2 is 1.92 bits per heavy atom. The van der Waals surface area contributed by atoms with Crippen molar-refractivity contribution in [3.63, 3.8) is 0 Å². The lowest BCUT2D eigenvalue weighted by atomic mass is 10.1. The van der Waals surface area contributed by atoms with Gasteiger partial charge >= 0.3 is 0 Å². The minimum absolute atomic E-state index is 0. The summed E-state index contributed by atoms with van der Waals surface area (Å²) >= 11 is 0. The normalized spacial score (nSPS) is 11.8. The lowest BCUT2D eigenvalue weighted by Crippen LogP contribution is -2.12. The Bertz CT molecular complexity index is 215. The summed E-state index contributed by atoms with van der Waals surface area (Å²) in [6, 6.07) is 10.2. The van der Waals surface area contributed by atoms with Crippen molar-refractivity contribution in [1.29, 1.82) is 0 Å². The molecule has 3 heteroatoms. The van der Waals surface area contributed by atoms with E-state index < -0.39 is 0 Å². The molecule has 13 heavy (non-hydrogen) atoms. The van der Waals surface area contributed by atoms with Crippen molar-refractivity contribution in [1.82, 2.24) is 0 Å². The molecule has 0 amide bonds. The topological polar surface area (TPSA) is 35.2 Å². The molecule has 0 fully saturated rings. The van der Waals surface area contributed by atoms with Crippen LogP contribution >= 0.6 is 12.4 Å². The third-order valence-corrected chi connectivity index (χ3v) is 1.86. The van der Waals surface area contributed by atoms with Crippen LogP contribution in [0.3, 0.4) is 0 Å². The van der Waals surface area contributed by atoms with Gasteiger partial charge < -0.3 is 10.5 Å². The van der Waals surface area contributed by atoms with E-state index in [1.54, 1.807) is 7.11 Å². The number of methoxy groups -OCH3 is 1. The van der Waals surface area contributed by atoms with Gasteiger partial charge in [-0.2, -0.15) is 0 Å². The summed E-state index contributed by atoms with van der Waals surface area (Å²) < 4.78 is 4.95.